The van der Waals surface area contributed by atoms with Gasteiger partial charge in [-0.1, -0.05) is 18.6 Å². The van der Waals surface area contributed by atoms with E-state index in [0.717, 1.165) is 42.3 Å². The van der Waals surface area contributed by atoms with Crippen molar-refractivity contribution >= 4 is 23.0 Å². The number of hydrogen-bond acceptors (Lipinski definition) is 7. The third kappa shape index (κ3) is 3.96. The quantitative estimate of drug-likeness (QED) is 0.487. The maximum atomic E-state index is 13.8. The number of fused-ring (bicyclic) bond motifs is 3. The second-order valence-electron chi connectivity index (χ2n) is 8.95. The zero-order valence-corrected chi connectivity index (χ0v) is 20.6. The third-order valence-electron chi connectivity index (χ3n) is 6.91. The van der Waals surface area contributed by atoms with Crippen LogP contribution in [0, 0.1) is 0 Å². The SMILES string of the molecule is COc1ccc([C@H]2C(C(=O)OC3CCCCC3)=C(C)Nc3nc4ccccc4n32)c(OC)c1OC. The van der Waals surface area contributed by atoms with Crippen molar-refractivity contribution in [2.45, 2.75) is 51.2 Å². The van der Waals surface area contributed by atoms with E-state index < -0.39 is 6.04 Å². The van der Waals surface area contributed by atoms with Gasteiger partial charge in [0.05, 0.1) is 44.0 Å². The molecule has 35 heavy (non-hydrogen) atoms. The normalized spacial score (nSPS) is 18.1. The third-order valence-corrected chi connectivity index (χ3v) is 6.91. The number of esters is 1. The number of carbonyl (C=O) groups excluding carboxylic acids is 1. The number of benzene rings is 2. The van der Waals surface area contributed by atoms with Crippen molar-refractivity contribution in [2.75, 3.05) is 26.6 Å². The molecule has 3 aromatic rings. The van der Waals surface area contributed by atoms with Crippen LogP contribution in [0.1, 0.15) is 50.6 Å². The molecule has 1 aromatic heterocycles. The molecular weight excluding hydrogens is 446 g/mol. The number of imidazole rings is 1. The molecule has 2 aromatic carbocycles. The van der Waals surface area contributed by atoms with Crippen LogP contribution < -0.4 is 19.5 Å². The van der Waals surface area contributed by atoms with Gasteiger partial charge in [-0.3, -0.25) is 4.57 Å². The maximum absolute atomic E-state index is 13.8. The summed E-state index contributed by atoms with van der Waals surface area (Å²) in [5.41, 5.74) is 3.71. The second kappa shape index (κ2) is 9.52. The summed E-state index contributed by atoms with van der Waals surface area (Å²) in [5.74, 6) is 1.84. The Hall–Kier alpha value is -3.68. The molecule has 1 saturated carbocycles. The van der Waals surface area contributed by atoms with Crippen LogP contribution in [0.25, 0.3) is 11.0 Å². The summed E-state index contributed by atoms with van der Waals surface area (Å²) in [6.07, 6.45) is 5.08. The molecule has 2 heterocycles. The summed E-state index contributed by atoms with van der Waals surface area (Å²) in [7, 11) is 4.75. The molecule has 0 spiro atoms. The first kappa shape index (κ1) is 23.1. The van der Waals surface area contributed by atoms with Crippen LogP contribution in [0.4, 0.5) is 5.95 Å². The molecule has 1 atom stereocenters. The lowest BCUT2D eigenvalue weighted by Gasteiger charge is -2.32. The molecule has 2 aliphatic rings. The summed E-state index contributed by atoms with van der Waals surface area (Å²) < 4.78 is 25.1. The summed E-state index contributed by atoms with van der Waals surface area (Å²) >= 11 is 0. The lowest BCUT2D eigenvalue weighted by Crippen LogP contribution is -2.31. The predicted octanol–water partition coefficient (Wildman–Crippen LogP) is 5.23. The number of aromatic nitrogens is 2. The highest BCUT2D eigenvalue weighted by molar-refractivity contribution is 5.94. The van der Waals surface area contributed by atoms with Gasteiger partial charge in [0.1, 0.15) is 6.10 Å². The summed E-state index contributed by atoms with van der Waals surface area (Å²) in [4.78, 5) is 18.5. The van der Waals surface area contributed by atoms with Gasteiger partial charge in [0.15, 0.2) is 11.5 Å². The minimum absolute atomic E-state index is 0.0644. The summed E-state index contributed by atoms with van der Waals surface area (Å²) in [6, 6.07) is 11.1. The summed E-state index contributed by atoms with van der Waals surface area (Å²) in [5, 5.41) is 3.34. The Balaban J connectivity index is 1.70. The highest BCUT2D eigenvalue weighted by atomic mass is 16.5. The zero-order chi connectivity index (χ0) is 24.5. The molecule has 1 aliphatic heterocycles. The number of ether oxygens (including phenoxy) is 4. The van der Waals surface area contributed by atoms with Crippen molar-refractivity contribution in [2.24, 2.45) is 0 Å². The zero-order valence-electron chi connectivity index (χ0n) is 20.6. The van der Waals surface area contributed by atoms with Gasteiger partial charge in [0.2, 0.25) is 11.7 Å². The van der Waals surface area contributed by atoms with Gasteiger partial charge in [-0.05, 0) is 56.9 Å². The molecule has 1 N–H and O–H groups in total. The number of nitrogens with one attached hydrogen (secondary N) is 1. The minimum atomic E-state index is -0.538. The molecule has 0 bridgehead atoms. The van der Waals surface area contributed by atoms with Crippen LogP contribution in [-0.2, 0) is 9.53 Å². The van der Waals surface area contributed by atoms with Crippen LogP contribution in [-0.4, -0.2) is 43.0 Å². The van der Waals surface area contributed by atoms with Gasteiger partial charge >= 0.3 is 5.97 Å². The van der Waals surface area contributed by atoms with Crippen LogP contribution >= 0.6 is 0 Å². The Morgan fingerprint density at radius 2 is 1.71 bits per heavy atom. The van der Waals surface area contributed by atoms with E-state index in [1.807, 2.05) is 47.9 Å². The van der Waals surface area contributed by atoms with Crippen LogP contribution in [0.2, 0.25) is 0 Å². The van der Waals surface area contributed by atoms with Gasteiger partial charge in [-0.2, -0.15) is 0 Å². The van der Waals surface area contributed by atoms with Crippen molar-refractivity contribution in [3.63, 3.8) is 0 Å². The number of anilines is 1. The van der Waals surface area contributed by atoms with E-state index in [4.69, 9.17) is 23.9 Å². The molecular formula is C27H31N3O5. The van der Waals surface area contributed by atoms with E-state index >= 15 is 0 Å². The number of para-hydroxylation sites is 2. The smallest absolute Gasteiger partial charge is 0.338 e. The molecule has 0 amide bonds. The van der Waals surface area contributed by atoms with Gasteiger partial charge < -0.3 is 24.3 Å². The van der Waals surface area contributed by atoms with E-state index in [2.05, 4.69) is 5.32 Å². The molecule has 184 valence electrons. The van der Waals surface area contributed by atoms with Crippen molar-refractivity contribution < 1.29 is 23.7 Å². The van der Waals surface area contributed by atoms with Crippen LogP contribution in [0.3, 0.4) is 0 Å². The lowest BCUT2D eigenvalue weighted by molar-refractivity contribution is -0.146. The van der Waals surface area contributed by atoms with E-state index in [-0.39, 0.29) is 12.1 Å². The van der Waals surface area contributed by atoms with Gasteiger partial charge in [0.25, 0.3) is 0 Å². The van der Waals surface area contributed by atoms with Crippen molar-refractivity contribution in [3.05, 3.63) is 53.2 Å². The fraction of sp³-hybridized carbons (Fsp3) is 0.407. The fourth-order valence-electron chi connectivity index (χ4n) is 5.26. The van der Waals surface area contributed by atoms with E-state index in [0.29, 0.717) is 34.5 Å². The van der Waals surface area contributed by atoms with Crippen molar-refractivity contribution in [3.8, 4) is 17.2 Å². The average molecular weight is 478 g/mol. The van der Waals surface area contributed by atoms with Crippen LogP contribution in [0.15, 0.2) is 47.7 Å². The molecule has 8 heteroatoms. The maximum Gasteiger partial charge on any atom is 0.338 e. The topological polar surface area (TPSA) is 83.8 Å². The molecule has 0 saturated heterocycles. The molecule has 1 fully saturated rings. The molecule has 1 aliphatic carbocycles. The Morgan fingerprint density at radius 3 is 2.43 bits per heavy atom. The Labute approximate surface area is 204 Å². The Kier molecular flexibility index (Phi) is 6.28. The van der Waals surface area contributed by atoms with Crippen molar-refractivity contribution in [1.29, 1.82) is 0 Å². The molecule has 0 unspecified atom stereocenters. The Morgan fingerprint density at radius 1 is 0.971 bits per heavy atom. The average Bonchev–Trinajstić information content (AvgIpc) is 3.25. The number of rotatable bonds is 6. The minimum Gasteiger partial charge on any atom is -0.493 e. The van der Waals surface area contributed by atoms with Crippen LogP contribution in [0.5, 0.6) is 17.2 Å². The Bertz CT molecular complexity index is 1290. The first-order valence-corrected chi connectivity index (χ1v) is 12.0. The largest absolute Gasteiger partial charge is 0.493 e. The second-order valence-corrected chi connectivity index (χ2v) is 8.95. The number of allylic oxidation sites excluding steroid dienone is 1. The molecule has 5 rings (SSSR count). The van der Waals surface area contributed by atoms with E-state index in [1.54, 1.807) is 21.3 Å². The number of hydrogen-bond donors (Lipinski definition) is 1. The first-order valence-electron chi connectivity index (χ1n) is 12.0. The fourth-order valence-corrected chi connectivity index (χ4v) is 5.26. The van der Waals surface area contributed by atoms with E-state index in [1.165, 1.54) is 6.42 Å². The van der Waals surface area contributed by atoms with E-state index in [9.17, 15) is 4.79 Å². The molecule has 8 nitrogen and oxygen atoms in total. The monoisotopic (exact) mass is 477 g/mol. The highest BCUT2D eigenvalue weighted by Gasteiger charge is 2.38. The standard InChI is InChI=1S/C27H31N3O5/c1-16-22(26(31)35-17-10-6-5-7-11-17)23(18-14-15-21(32-2)25(34-4)24(18)33-3)30-20-13-9-8-12-19(20)29-27(30)28-16/h8-9,12-15,17,23H,5-7,10-11H2,1-4H3,(H,28,29)/t23-/m0/s1. The first-order chi connectivity index (χ1) is 17.1. The van der Waals surface area contributed by atoms with Gasteiger partial charge in [0, 0.05) is 11.3 Å². The predicted molar refractivity (Wildman–Crippen MR) is 133 cm³/mol. The lowest BCUT2D eigenvalue weighted by atomic mass is 9.93. The highest BCUT2D eigenvalue weighted by Crippen LogP contribution is 2.48. The molecule has 0 radical (unpaired) electrons. The number of methoxy groups -OCH3 is 3. The van der Waals surface area contributed by atoms with Crippen molar-refractivity contribution in [1.82, 2.24) is 9.55 Å². The van der Waals surface area contributed by atoms with Gasteiger partial charge in [-0.15, -0.1) is 0 Å². The summed E-state index contributed by atoms with van der Waals surface area (Å²) in [6.45, 7) is 1.89. The van der Waals surface area contributed by atoms with Gasteiger partial charge in [-0.25, -0.2) is 9.78 Å². The number of carbonyl (C=O) groups is 1. The number of nitrogens with zero attached hydrogens (tertiary/aromatic N) is 2.